The molecule has 0 bridgehead atoms. The SMILES string of the molecule is C=Cc1ccc(-c2nc3ccc(Cl)cn3c2CC(=O)N(C)c2ccccc2)nn1. The van der Waals surface area contributed by atoms with Crippen LogP contribution >= 0.6 is 11.6 Å². The number of benzene rings is 1. The first-order valence-corrected chi connectivity index (χ1v) is 9.39. The first-order valence-electron chi connectivity index (χ1n) is 9.01. The Hall–Kier alpha value is -3.51. The molecular weight excluding hydrogens is 386 g/mol. The van der Waals surface area contributed by atoms with E-state index >= 15 is 0 Å². The number of nitrogens with zero attached hydrogens (tertiary/aromatic N) is 5. The van der Waals surface area contributed by atoms with Crippen LogP contribution in [-0.2, 0) is 11.2 Å². The van der Waals surface area contributed by atoms with E-state index in [1.165, 1.54) is 0 Å². The van der Waals surface area contributed by atoms with Crippen LogP contribution in [0.3, 0.4) is 0 Å². The van der Waals surface area contributed by atoms with Crippen molar-refractivity contribution in [2.75, 3.05) is 11.9 Å². The lowest BCUT2D eigenvalue weighted by Crippen LogP contribution is -2.28. The maximum Gasteiger partial charge on any atom is 0.232 e. The highest BCUT2D eigenvalue weighted by molar-refractivity contribution is 6.30. The second-order valence-electron chi connectivity index (χ2n) is 6.50. The molecule has 0 saturated carbocycles. The van der Waals surface area contributed by atoms with Crippen LogP contribution in [0.25, 0.3) is 23.1 Å². The summed E-state index contributed by atoms with van der Waals surface area (Å²) in [4.78, 5) is 19.3. The number of aromatic nitrogens is 4. The number of imidazole rings is 1. The minimum Gasteiger partial charge on any atom is -0.315 e. The lowest BCUT2D eigenvalue weighted by atomic mass is 10.1. The number of carbonyl (C=O) groups excluding carboxylic acids is 1. The van der Waals surface area contributed by atoms with Crippen LogP contribution in [0.2, 0.25) is 5.02 Å². The first-order chi connectivity index (χ1) is 14.1. The first kappa shape index (κ1) is 18.8. The molecule has 0 spiro atoms. The molecule has 0 fully saturated rings. The largest absolute Gasteiger partial charge is 0.315 e. The average molecular weight is 404 g/mol. The van der Waals surface area contributed by atoms with E-state index in [2.05, 4.69) is 21.8 Å². The Labute approximate surface area is 173 Å². The predicted octanol–water partition coefficient (Wildman–Crippen LogP) is 4.29. The molecule has 6 nitrogen and oxygen atoms in total. The van der Waals surface area contributed by atoms with Crippen LogP contribution in [0.5, 0.6) is 0 Å². The quantitative estimate of drug-likeness (QED) is 0.498. The van der Waals surface area contributed by atoms with Crippen LogP contribution in [0, 0.1) is 0 Å². The second-order valence-corrected chi connectivity index (χ2v) is 6.93. The van der Waals surface area contributed by atoms with E-state index < -0.39 is 0 Å². The molecule has 144 valence electrons. The molecule has 3 aromatic heterocycles. The molecular formula is C22H18ClN5O. The number of hydrogen-bond donors (Lipinski definition) is 0. The van der Waals surface area contributed by atoms with Crippen molar-refractivity contribution in [1.82, 2.24) is 19.6 Å². The zero-order chi connectivity index (χ0) is 20.4. The van der Waals surface area contributed by atoms with Gasteiger partial charge in [0.1, 0.15) is 17.0 Å². The van der Waals surface area contributed by atoms with E-state index in [-0.39, 0.29) is 12.3 Å². The van der Waals surface area contributed by atoms with Crippen LogP contribution in [-0.4, -0.2) is 32.5 Å². The van der Waals surface area contributed by atoms with E-state index in [0.717, 1.165) is 5.69 Å². The number of halogens is 1. The molecule has 0 atom stereocenters. The summed E-state index contributed by atoms with van der Waals surface area (Å²) in [7, 11) is 1.76. The van der Waals surface area contributed by atoms with Crippen LogP contribution < -0.4 is 4.90 Å². The van der Waals surface area contributed by atoms with Crippen LogP contribution in [0.4, 0.5) is 5.69 Å². The van der Waals surface area contributed by atoms with Crippen molar-refractivity contribution >= 4 is 34.9 Å². The zero-order valence-corrected chi connectivity index (χ0v) is 16.5. The highest BCUT2D eigenvalue weighted by Crippen LogP contribution is 2.26. The molecule has 3 heterocycles. The molecule has 29 heavy (non-hydrogen) atoms. The fourth-order valence-electron chi connectivity index (χ4n) is 3.08. The maximum atomic E-state index is 13.0. The third-order valence-electron chi connectivity index (χ3n) is 4.65. The molecule has 0 aliphatic heterocycles. The Morgan fingerprint density at radius 3 is 2.62 bits per heavy atom. The van der Waals surface area contributed by atoms with Gasteiger partial charge in [-0.25, -0.2) is 4.98 Å². The van der Waals surface area contributed by atoms with Crippen molar-refractivity contribution in [2.24, 2.45) is 0 Å². The summed E-state index contributed by atoms with van der Waals surface area (Å²) in [5.41, 5.74) is 4.06. The number of carbonyl (C=O) groups is 1. The summed E-state index contributed by atoms with van der Waals surface area (Å²) >= 11 is 6.20. The molecule has 0 saturated heterocycles. The summed E-state index contributed by atoms with van der Waals surface area (Å²) in [6.07, 6.45) is 3.51. The standard InChI is InChI=1S/C22H18ClN5O/c1-3-16-10-11-18(26-25-16)22-19(28-14-15(23)9-12-20(28)24-22)13-21(29)27(2)17-7-5-4-6-8-17/h3-12,14H,1,13H2,2H3. The Kier molecular flexibility index (Phi) is 5.10. The van der Waals surface area contributed by atoms with Crippen molar-refractivity contribution < 1.29 is 4.79 Å². The normalized spacial score (nSPS) is 10.8. The van der Waals surface area contributed by atoms with Crippen molar-refractivity contribution in [1.29, 1.82) is 0 Å². The van der Waals surface area contributed by atoms with Gasteiger partial charge in [-0.1, -0.05) is 36.4 Å². The summed E-state index contributed by atoms with van der Waals surface area (Å²) in [5, 5.41) is 8.93. The average Bonchev–Trinajstić information content (AvgIpc) is 3.11. The van der Waals surface area contributed by atoms with Crippen LogP contribution in [0.15, 0.2) is 67.4 Å². The number of fused-ring (bicyclic) bond motifs is 1. The molecule has 4 rings (SSSR count). The minimum absolute atomic E-state index is 0.0742. The third-order valence-corrected chi connectivity index (χ3v) is 4.88. The van der Waals surface area contributed by atoms with E-state index in [0.29, 0.717) is 33.4 Å². The number of pyridine rings is 1. The van der Waals surface area contributed by atoms with Gasteiger partial charge in [-0.2, -0.15) is 5.10 Å². The lowest BCUT2D eigenvalue weighted by molar-refractivity contribution is -0.117. The Morgan fingerprint density at radius 1 is 1.14 bits per heavy atom. The van der Waals surface area contributed by atoms with Gasteiger partial charge in [-0.3, -0.25) is 4.79 Å². The van der Waals surface area contributed by atoms with Gasteiger partial charge in [0.2, 0.25) is 5.91 Å². The van der Waals surface area contributed by atoms with Gasteiger partial charge in [0.25, 0.3) is 0 Å². The molecule has 0 radical (unpaired) electrons. The van der Waals surface area contributed by atoms with E-state index in [9.17, 15) is 4.79 Å². The number of likely N-dealkylation sites (N-methyl/N-ethyl adjacent to an activating group) is 1. The van der Waals surface area contributed by atoms with Gasteiger partial charge in [0.05, 0.1) is 22.8 Å². The topological polar surface area (TPSA) is 63.4 Å². The molecule has 4 aromatic rings. The monoisotopic (exact) mass is 403 g/mol. The van der Waals surface area contributed by atoms with Gasteiger partial charge < -0.3 is 9.30 Å². The molecule has 1 amide bonds. The predicted molar refractivity (Wildman–Crippen MR) is 115 cm³/mol. The van der Waals surface area contributed by atoms with Gasteiger partial charge >= 0.3 is 0 Å². The Bertz CT molecular complexity index is 1190. The van der Waals surface area contributed by atoms with Crippen molar-refractivity contribution in [3.8, 4) is 11.4 Å². The molecule has 0 aliphatic rings. The number of anilines is 1. The summed E-state index contributed by atoms with van der Waals surface area (Å²) in [5.74, 6) is -0.0742. The number of para-hydroxylation sites is 1. The van der Waals surface area contributed by atoms with Crippen molar-refractivity contribution in [3.63, 3.8) is 0 Å². The van der Waals surface area contributed by atoms with E-state index in [4.69, 9.17) is 11.6 Å². The highest BCUT2D eigenvalue weighted by Gasteiger charge is 2.21. The van der Waals surface area contributed by atoms with E-state index in [1.54, 1.807) is 30.3 Å². The second kappa shape index (κ2) is 7.85. The molecule has 7 heteroatoms. The number of rotatable bonds is 5. The lowest BCUT2D eigenvalue weighted by Gasteiger charge is -2.17. The van der Waals surface area contributed by atoms with Gasteiger partial charge in [0.15, 0.2) is 0 Å². The van der Waals surface area contributed by atoms with Gasteiger partial charge in [-0.15, -0.1) is 5.10 Å². The number of amides is 1. The van der Waals surface area contributed by atoms with Crippen molar-refractivity contribution in [3.05, 3.63) is 83.8 Å². The highest BCUT2D eigenvalue weighted by atomic mass is 35.5. The Morgan fingerprint density at radius 2 is 1.93 bits per heavy atom. The molecule has 0 N–H and O–H groups in total. The third kappa shape index (κ3) is 3.75. The van der Waals surface area contributed by atoms with Gasteiger partial charge in [0, 0.05) is 18.9 Å². The van der Waals surface area contributed by atoms with Crippen LogP contribution in [0.1, 0.15) is 11.4 Å². The molecule has 0 aliphatic carbocycles. The Balaban J connectivity index is 1.77. The summed E-state index contributed by atoms with van der Waals surface area (Å²) < 4.78 is 1.83. The van der Waals surface area contributed by atoms with Crippen molar-refractivity contribution in [2.45, 2.75) is 6.42 Å². The maximum absolute atomic E-state index is 13.0. The van der Waals surface area contributed by atoms with E-state index in [1.807, 2.05) is 52.9 Å². The smallest absolute Gasteiger partial charge is 0.232 e. The fraction of sp³-hybridized carbons (Fsp3) is 0.0909. The zero-order valence-electron chi connectivity index (χ0n) is 15.8. The fourth-order valence-corrected chi connectivity index (χ4v) is 3.24. The summed E-state index contributed by atoms with van der Waals surface area (Å²) in [6, 6.07) is 16.7. The molecule has 0 unspecified atom stereocenters. The summed E-state index contributed by atoms with van der Waals surface area (Å²) in [6.45, 7) is 3.70. The minimum atomic E-state index is -0.0742. The molecule has 1 aromatic carbocycles. The van der Waals surface area contributed by atoms with Gasteiger partial charge in [-0.05, 0) is 42.5 Å². The number of hydrogen-bond acceptors (Lipinski definition) is 4.